The SMILES string of the molecule is CCOC(=O)[C@@H](CNC(=O)Cc1ccc(NS(=O)(=O)c2cccs2)cc1)Cc1ccccc1. The molecule has 2 aromatic carbocycles. The summed E-state index contributed by atoms with van der Waals surface area (Å²) in [6.07, 6.45) is 0.581. The van der Waals surface area contributed by atoms with Crippen LogP contribution in [-0.2, 0) is 37.2 Å². The molecule has 9 heteroatoms. The first-order chi connectivity index (χ1) is 15.9. The summed E-state index contributed by atoms with van der Waals surface area (Å²) >= 11 is 1.14. The van der Waals surface area contributed by atoms with Gasteiger partial charge in [-0.2, -0.15) is 0 Å². The highest BCUT2D eigenvalue weighted by Gasteiger charge is 2.21. The first-order valence-electron chi connectivity index (χ1n) is 10.5. The van der Waals surface area contributed by atoms with Gasteiger partial charge >= 0.3 is 5.97 Å². The van der Waals surface area contributed by atoms with E-state index in [0.717, 1.165) is 22.5 Å². The molecule has 0 unspecified atom stereocenters. The smallest absolute Gasteiger partial charge is 0.311 e. The lowest BCUT2D eigenvalue weighted by molar-refractivity contribution is -0.147. The molecular formula is C24H26N2O5S2. The van der Waals surface area contributed by atoms with Crippen molar-refractivity contribution in [2.24, 2.45) is 5.92 Å². The Bertz CT molecular complexity index is 1150. The van der Waals surface area contributed by atoms with Crippen LogP contribution in [0.1, 0.15) is 18.1 Å². The van der Waals surface area contributed by atoms with Gasteiger partial charge in [0, 0.05) is 12.2 Å². The van der Waals surface area contributed by atoms with Gasteiger partial charge in [0.1, 0.15) is 4.21 Å². The lowest BCUT2D eigenvalue weighted by Crippen LogP contribution is -2.35. The van der Waals surface area contributed by atoms with Gasteiger partial charge in [-0.05, 0) is 48.1 Å². The molecule has 1 aromatic heterocycles. The molecular weight excluding hydrogens is 460 g/mol. The van der Waals surface area contributed by atoms with Crippen molar-refractivity contribution in [2.45, 2.75) is 24.0 Å². The number of amides is 1. The standard InChI is InChI=1S/C24H26N2O5S2/c1-2-31-24(28)20(15-18-7-4-3-5-8-18)17-25-22(27)16-19-10-12-21(13-11-19)26-33(29,30)23-9-6-14-32-23/h3-14,20,26H,2,15-17H2,1H3,(H,25,27)/t20-/m1/s1. The van der Waals surface area contributed by atoms with Gasteiger partial charge in [-0.25, -0.2) is 8.42 Å². The van der Waals surface area contributed by atoms with Gasteiger partial charge in [0.05, 0.1) is 18.9 Å². The Kier molecular flexibility index (Phi) is 8.62. The zero-order valence-electron chi connectivity index (χ0n) is 18.2. The number of hydrogen-bond acceptors (Lipinski definition) is 6. The summed E-state index contributed by atoms with van der Waals surface area (Å²) in [7, 11) is -3.62. The Hall–Kier alpha value is -3.17. The fourth-order valence-electron chi connectivity index (χ4n) is 3.19. The molecule has 7 nitrogen and oxygen atoms in total. The Labute approximate surface area is 197 Å². The predicted molar refractivity (Wildman–Crippen MR) is 129 cm³/mol. The summed E-state index contributed by atoms with van der Waals surface area (Å²) in [5, 5.41) is 4.51. The third-order valence-electron chi connectivity index (χ3n) is 4.82. The molecule has 0 saturated carbocycles. The van der Waals surface area contributed by atoms with Crippen molar-refractivity contribution in [1.82, 2.24) is 5.32 Å². The molecule has 0 aliphatic carbocycles. The van der Waals surface area contributed by atoms with Gasteiger partial charge in [0.15, 0.2) is 0 Å². The van der Waals surface area contributed by atoms with Crippen LogP contribution in [0.25, 0.3) is 0 Å². The second-order valence-corrected chi connectivity index (χ2v) is 10.2. The molecule has 0 spiro atoms. The highest BCUT2D eigenvalue weighted by molar-refractivity contribution is 7.94. The van der Waals surface area contributed by atoms with Crippen LogP contribution in [0.5, 0.6) is 0 Å². The average Bonchev–Trinajstić information content (AvgIpc) is 3.35. The molecule has 0 bridgehead atoms. The lowest BCUT2D eigenvalue weighted by Gasteiger charge is -2.16. The second kappa shape index (κ2) is 11.6. The monoisotopic (exact) mass is 486 g/mol. The van der Waals surface area contributed by atoms with Crippen molar-refractivity contribution in [1.29, 1.82) is 0 Å². The van der Waals surface area contributed by atoms with Crippen molar-refractivity contribution in [2.75, 3.05) is 17.9 Å². The summed E-state index contributed by atoms with van der Waals surface area (Å²) in [4.78, 5) is 24.8. The van der Waals surface area contributed by atoms with Crippen LogP contribution in [0, 0.1) is 5.92 Å². The number of hydrogen-bond donors (Lipinski definition) is 2. The highest BCUT2D eigenvalue weighted by Crippen LogP contribution is 2.20. The fourth-order valence-corrected chi connectivity index (χ4v) is 5.25. The van der Waals surface area contributed by atoms with Crippen molar-refractivity contribution in [3.05, 3.63) is 83.2 Å². The van der Waals surface area contributed by atoms with E-state index < -0.39 is 15.9 Å². The van der Waals surface area contributed by atoms with E-state index in [1.807, 2.05) is 30.3 Å². The summed E-state index contributed by atoms with van der Waals surface area (Å²) in [6, 6.07) is 19.4. The second-order valence-electron chi connectivity index (χ2n) is 7.35. The van der Waals surface area contributed by atoms with Crippen molar-refractivity contribution in [3.63, 3.8) is 0 Å². The van der Waals surface area contributed by atoms with E-state index in [1.54, 1.807) is 42.6 Å². The minimum Gasteiger partial charge on any atom is -0.466 e. The number of carbonyl (C=O) groups excluding carboxylic acids is 2. The maximum Gasteiger partial charge on any atom is 0.311 e. The number of sulfonamides is 1. The molecule has 0 aliphatic heterocycles. The Balaban J connectivity index is 1.55. The number of thiophene rings is 1. The number of benzene rings is 2. The summed E-state index contributed by atoms with van der Waals surface area (Å²) in [6.45, 7) is 2.20. The van der Waals surface area contributed by atoms with Crippen LogP contribution in [0.4, 0.5) is 5.69 Å². The molecule has 1 atom stereocenters. The van der Waals surface area contributed by atoms with E-state index in [0.29, 0.717) is 12.1 Å². The number of nitrogens with one attached hydrogen (secondary N) is 2. The fraction of sp³-hybridized carbons (Fsp3) is 0.250. The Morgan fingerprint density at radius 3 is 2.33 bits per heavy atom. The van der Waals surface area contributed by atoms with Crippen LogP contribution in [0.2, 0.25) is 0 Å². The van der Waals surface area contributed by atoms with Crippen LogP contribution < -0.4 is 10.0 Å². The maximum absolute atomic E-state index is 12.4. The van der Waals surface area contributed by atoms with Crippen molar-refractivity contribution < 1.29 is 22.7 Å². The first kappa shape index (κ1) is 24.5. The molecule has 3 aromatic rings. The topological polar surface area (TPSA) is 102 Å². The number of rotatable bonds is 11. The summed E-state index contributed by atoms with van der Waals surface area (Å²) < 4.78 is 32.5. The van der Waals surface area contributed by atoms with E-state index in [9.17, 15) is 18.0 Å². The Morgan fingerprint density at radius 1 is 0.970 bits per heavy atom. The van der Waals surface area contributed by atoms with E-state index >= 15 is 0 Å². The van der Waals surface area contributed by atoms with Gasteiger partial charge in [0.2, 0.25) is 5.91 Å². The van der Waals surface area contributed by atoms with E-state index in [2.05, 4.69) is 10.0 Å². The minimum atomic E-state index is -3.62. The molecule has 174 valence electrons. The number of anilines is 1. The van der Waals surface area contributed by atoms with Crippen LogP contribution in [0.15, 0.2) is 76.3 Å². The molecule has 3 rings (SSSR count). The largest absolute Gasteiger partial charge is 0.466 e. The van der Waals surface area contributed by atoms with Crippen LogP contribution >= 0.6 is 11.3 Å². The molecule has 0 radical (unpaired) electrons. The predicted octanol–water partition coefficient (Wildman–Crippen LogP) is 3.63. The van der Waals surface area contributed by atoms with Gasteiger partial charge < -0.3 is 10.1 Å². The van der Waals surface area contributed by atoms with Gasteiger partial charge in [-0.15, -0.1) is 11.3 Å². The third-order valence-corrected chi connectivity index (χ3v) is 7.60. The average molecular weight is 487 g/mol. The minimum absolute atomic E-state index is 0.110. The normalized spacial score (nSPS) is 12.0. The molecule has 2 N–H and O–H groups in total. The summed E-state index contributed by atoms with van der Waals surface area (Å²) in [5.41, 5.74) is 2.13. The third kappa shape index (κ3) is 7.44. The first-order valence-corrected chi connectivity index (χ1v) is 12.9. The number of esters is 1. The van der Waals surface area contributed by atoms with E-state index in [-0.39, 0.29) is 35.7 Å². The highest BCUT2D eigenvalue weighted by atomic mass is 32.2. The van der Waals surface area contributed by atoms with Crippen molar-refractivity contribution >= 4 is 38.9 Å². The van der Waals surface area contributed by atoms with Gasteiger partial charge in [-0.3, -0.25) is 14.3 Å². The lowest BCUT2D eigenvalue weighted by atomic mass is 9.99. The van der Waals surface area contributed by atoms with Gasteiger partial charge in [0.25, 0.3) is 10.0 Å². The Morgan fingerprint density at radius 2 is 1.70 bits per heavy atom. The molecule has 0 aliphatic rings. The molecule has 33 heavy (non-hydrogen) atoms. The van der Waals surface area contributed by atoms with Crippen molar-refractivity contribution in [3.8, 4) is 0 Å². The summed E-state index contributed by atoms with van der Waals surface area (Å²) in [5.74, 6) is -1.06. The number of ether oxygens (including phenoxy) is 1. The maximum atomic E-state index is 12.4. The van der Waals surface area contributed by atoms with Crippen LogP contribution in [-0.4, -0.2) is 33.4 Å². The van der Waals surface area contributed by atoms with E-state index in [1.165, 1.54) is 6.07 Å². The number of carbonyl (C=O) groups is 2. The molecule has 1 heterocycles. The van der Waals surface area contributed by atoms with Crippen LogP contribution in [0.3, 0.4) is 0 Å². The van der Waals surface area contributed by atoms with Gasteiger partial charge in [-0.1, -0.05) is 48.5 Å². The molecule has 0 fully saturated rings. The quantitative estimate of drug-likeness (QED) is 0.403. The molecule has 0 saturated heterocycles. The molecule has 1 amide bonds. The zero-order valence-corrected chi connectivity index (χ0v) is 19.8. The zero-order chi connectivity index (χ0) is 23.7. The van der Waals surface area contributed by atoms with E-state index in [4.69, 9.17) is 4.74 Å².